The summed E-state index contributed by atoms with van der Waals surface area (Å²) in [5, 5.41) is 25.8. The van der Waals surface area contributed by atoms with Crippen LogP contribution in [0.2, 0.25) is 5.02 Å². The third-order valence-electron chi connectivity index (χ3n) is 4.62. The van der Waals surface area contributed by atoms with Crippen molar-refractivity contribution in [3.63, 3.8) is 0 Å². The summed E-state index contributed by atoms with van der Waals surface area (Å²) in [4.78, 5) is 16.2. The molecule has 0 radical (unpaired) electrons. The Morgan fingerprint density at radius 3 is 2.76 bits per heavy atom. The molecule has 1 aliphatic heterocycles. The first-order valence-corrected chi connectivity index (χ1v) is 10.4. The Labute approximate surface area is 197 Å². The summed E-state index contributed by atoms with van der Waals surface area (Å²) in [5.74, 6) is 0.0447. The first-order valence-electron chi connectivity index (χ1n) is 10.0. The molecule has 1 aromatic heterocycles. The number of aromatic nitrogens is 1. The monoisotopic (exact) mass is 461 g/mol. The van der Waals surface area contributed by atoms with Gasteiger partial charge in [0.2, 0.25) is 0 Å². The molecule has 0 unspecified atom stereocenters. The second kappa shape index (κ2) is 10.9. The van der Waals surface area contributed by atoms with Crippen LogP contribution in [0.15, 0.2) is 89.4 Å². The number of halogens is 1. The number of nitrogens with zero attached hydrogens (tertiary/aromatic N) is 1. The molecule has 168 valence electrons. The number of nitrogens with one attached hydrogen (secondary N) is 5. The number of hydrogen-bond acceptors (Lipinski definition) is 6. The van der Waals surface area contributed by atoms with E-state index in [0.29, 0.717) is 34.4 Å². The molecule has 1 aliphatic rings. The third kappa shape index (κ3) is 6.65. The highest BCUT2D eigenvalue weighted by molar-refractivity contribution is 6.30. The van der Waals surface area contributed by atoms with Gasteiger partial charge in [-0.25, -0.2) is 4.98 Å². The fourth-order valence-corrected chi connectivity index (χ4v) is 3.27. The number of carbonyl (C=O) groups is 1. The third-order valence-corrected chi connectivity index (χ3v) is 4.86. The molecule has 1 amide bonds. The van der Waals surface area contributed by atoms with Crippen molar-refractivity contribution in [2.75, 3.05) is 5.32 Å². The SMILES string of the molecule is Cc1cccc(N/C(=C\C(=N)NCc2cccc(Cl)c2)C2=C/C(=C(/C=N)C(N)=O)NC=C2)n1. The highest BCUT2D eigenvalue weighted by atomic mass is 35.5. The number of amidine groups is 1. The Morgan fingerprint density at radius 2 is 2.06 bits per heavy atom. The van der Waals surface area contributed by atoms with Crippen LogP contribution in [0.25, 0.3) is 0 Å². The van der Waals surface area contributed by atoms with E-state index < -0.39 is 5.91 Å². The van der Waals surface area contributed by atoms with Gasteiger partial charge in [-0.05, 0) is 48.9 Å². The molecule has 0 atom stereocenters. The van der Waals surface area contributed by atoms with Crippen molar-refractivity contribution in [1.29, 1.82) is 10.8 Å². The van der Waals surface area contributed by atoms with Gasteiger partial charge in [-0.15, -0.1) is 0 Å². The average molecular weight is 462 g/mol. The van der Waals surface area contributed by atoms with E-state index in [2.05, 4.69) is 20.9 Å². The summed E-state index contributed by atoms with van der Waals surface area (Å²) in [6, 6.07) is 13.0. The Morgan fingerprint density at radius 1 is 1.27 bits per heavy atom. The molecule has 2 heterocycles. The van der Waals surface area contributed by atoms with Crippen LogP contribution >= 0.6 is 11.6 Å². The molecule has 3 rings (SSSR count). The molecule has 0 aliphatic carbocycles. The van der Waals surface area contributed by atoms with E-state index in [9.17, 15) is 4.79 Å². The quantitative estimate of drug-likeness (QED) is 0.203. The van der Waals surface area contributed by atoms with Crippen molar-refractivity contribution in [2.45, 2.75) is 13.5 Å². The van der Waals surface area contributed by atoms with Gasteiger partial charge < -0.3 is 27.1 Å². The predicted molar refractivity (Wildman–Crippen MR) is 132 cm³/mol. The fraction of sp³-hybridized carbons (Fsp3) is 0.0833. The van der Waals surface area contributed by atoms with Crippen LogP contribution in [-0.2, 0) is 11.3 Å². The zero-order valence-electron chi connectivity index (χ0n) is 17.9. The van der Waals surface area contributed by atoms with Crippen LogP contribution < -0.4 is 21.7 Å². The van der Waals surface area contributed by atoms with Crippen molar-refractivity contribution in [2.24, 2.45) is 5.73 Å². The van der Waals surface area contributed by atoms with Crippen LogP contribution in [-0.4, -0.2) is 22.9 Å². The number of anilines is 1. The van der Waals surface area contributed by atoms with Crippen molar-refractivity contribution in [3.05, 3.63) is 106 Å². The van der Waals surface area contributed by atoms with Gasteiger partial charge >= 0.3 is 0 Å². The highest BCUT2D eigenvalue weighted by Crippen LogP contribution is 2.21. The minimum Gasteiger partial charge on any atom is -0.366 e. The summed E-state index contributed by atoms with van der Waals surface area (Å²) in [6.45, 7) is 2.31. The maximum absolute atomic E-state index is 11.7. The normalized spacial score (nSPS) is 14.6. The van der Waals surface area contributed by atoms with Crippen LogP contribution in [0.4, 0.5) is 5.82 Å². The van der Waals surface area contributed by atoms with E-state index in [0.717, 1.165) is 17.5 Å². The smallest absolute Gasteiger partial charge is 0.252 e. The predicted octanol–water partition coefficient (Wildman–Crippen LogP) is 3.54. The number of carbonyl (C=O) groups excluding carboxylic acids is 1. The molecular formula is C24H24ClN7O. The first kappa shape index (κ1) is 23.5. The van der Waals surface area contributed by atoms with Crippen LogP contribution in [0.1, 0.15) is 11.3 Å². The largest absolute Gasteiger partial charge is 0.366 e. The second-order valence-electron chi connectivity index (χ2n) is 7.16. The lowest BCUT2D eigenvalue weighted by Gasteiger charge is -2.18. The Kier molecular flexibility index (Phi) is 7.77. The number of aryl methyl sites for hydroxylation is 1. The maximum atomic E-state index is 11.7. The molecule has 2 aromatic rings. The van der Waals surface area contributed by atoms with Gasteiger partial charge in [0.05, 0.1) is 17.0 Å². The average Bonchev–Trinajstić information content (AvgIpc) is 2.78. The van der Waals surface area contributed by atoms with Gasteiger partial charge in [0.25, 0.3) is 5.91 Å². The van der Waals surface area contributed by atoms with E-state index in [4.69, 9.17) is 28.2 Å². The minimum atomic E-state index is -0.715. The van der Waals surface area contributed by atoms with E-state index in [-0.39, 0.29) is 11.4 Å². The van der Waals surface area contributed by atoms with Crippen molar-refractivity contribution >= 4 is 35.4 Å². The van der Waals surface area contributed by atoms with Gasteiger partial charge in [-0.1, -0.05) is 29.8 Å². The van der Waals surface area contributed by atoms with Crippen molar-refractivity contribution < 1.29 is 4.79 Å². The summed E-state index contributed by atoms with van der Waals surface area (Å²) >= 11 is 6.04. The number of dihydropyridines is 1. The molecule has 0 saturated heterocycles. The molecule has 0 spiro atoms. The van der Waals surface area contributed by atoms with Crippen LogP contribution in [0, 0.1) is 17.7 Å². The first-order chi connectivity index (χ1) is 15.9. The number of primary amides is 1. The van der Waals surface area contributed by atoms with E-state index >= 15 is 0 Å². The summed E-state index contributed by atoms with van der Waals surface area (Å²) in [7, 11) is 0. The number of nitrogens with two attached hydrogens (primary N) is 1. The van der Waals surface area contributed by atoms with Gasteiger partial charge in [0, 0.05) is 41.3 Å². The van der Waals surface area contributed by atoms with Gasteiger partial charge in [-0.2, -0.15) is 0 Å². The molecule has 9 heteroatoms. The van der Waals surface area contributed by atoms with Crippen LogP contribution in [0.5, 0.6) is 0 Å². The van der Waals surface area contributed by atoms with Gasteiger partial charge in [0.1, 0.15) is 11.7 Å². The number of hydrogen-bond donors (Lipinski definition) is 6. The summed E-state index contributed by atoms with van der Waals surface area (Å²) in [5.41, 5.74) is 8.84. The van der Waals surface area contributed by atoms with Gasteiger partial charge in [-0.3, -0.25) is 10.2 Å². The number of amides is 1. The molecule has 0 saturated carbocycles. The number of allylic oxidation sites excluding steroid dienone is 2. The minimum absolute atomic E-state index is 0.0408. The van der Waals surface area contributed by atoms with E-state index in [1.165, 1.54) is 0 Å². The van der Waals surface area contributed by atoms with Crippen LogP contribution in [0.3, 0.4) is 0 Å². The molecule has 8 nitrogen and oxygen atoms in total. The second-order valence-corrected chi connectivity index (χ2v) is 7.59. The molecule has 33 heavy (non-hydrogen) atoms. The van der Waals surface area contributed by atoms with Gasteiger partial charge in [0.15, 0.2) is 0 Å². The lowest BCUT2D eigenvalue weighted by atomic mass is 10.0. The Bertz CT molecular complexity index is 1210. The fourth-order valence-electron chi connectivity index (χ4n) is 3.05. The number of benzene rings is 1. The zero-order valence-corrected chi connectivity index (χ0v) is 18.7. The summed E-state index contributed by atoms with van der Waals surface area (Å²) < 4.78 is 0. The molecule has 7 N–H and O–H groups in total. The molecular weight excluding hydrogens is 438 g/mol. The Balaban J connectivity index is 1.92. The summed E-state index contributed by atoms with van der Waals surface area (Å²) in [6.07, 6.45) is 7.64. The van der Waals surface area contributed by atoms with Crippen molar-refractivity contribution in [3.8, 4) is 0 Å². The lowest BCUT2D eigenvalue weighted by Crippen LogP contribution is -2.23. The standard InChI is InChI=1S/C24H24ClN7O/c1-15-4-2-7-23(31-15)32-20(12-22(27)30-14-16-5-3-6-18(25)10-16)17-8-9-29-21(11-17)19(13-26)24(28)33/h2-13,26,29H,14H2,1H3,(H2,27,30)(H2,28,33)(H,31,32)/b20-12-,21-19+,26-13?. The number of rotatable bonds is 8. The lowest BCUT2D eigenvalue weighted by molar-refractivity contribution is -0.114. The van der Waals surface area contributed by atoms with E-state index in [1.54, 1.807) is 30.5 Å². The molecule has 0 bridgehead atoms. The number of pyridine rings is 1. The zero-order chi connectivity index (χ0) is 23.8. The van der Waals surface area contributed by atoms with Crippen molar-refractivity contribution in [1.82, 2.24) is 15.6 Å². The maximum Gasteiger partial charge on any atom is 0.252 e. The molecule has 0 fully saturated rings. The topological polar surface area (TPSA) is 140 Å². The molecule has 1 aromatic carbocycles. The highest BCUT2D eigenvalue weighted by Gasteiger charge is 2.14. The Hall–Kier alpha value is -4.17. The van der Waals surface area contributed by atoms with E-state index in [1.807, 2.05) is 43.3 Å².